The fourth-order valence-corrected chi connectivity index (χ4v) is 3.60. The second kappa shape index (κ2) is 5.33. The average Bonchev–Trinajstić information content (AvgIpc) is 2.78. The minimum atomic E-state index is -3.97. The molecule has 1 aromatic heterocycles. The van der Waals surface area contributed by atoms with Crippen molar-refractivity contribution >= 4 is 27.3 Å². The number of rotatable bonds is 6. The number of carboxylic acid groups (broad SMARTS) is 1. The van der Waals surface area contributed by atoms with E-state index in [0.29, 0.717) is 0 Å². The molecule has 0 unspecified atom stereocenters. The van der Waals surface area contributed by atoms with Crippen molar-refractivity contribution in [1.29, 1.82) is 0 Å². The predicted octanol–water partition coefficient (Wildman–Crippen LogP) is -0.532. The van der Waals surface area contributed by atoms with Gasteiger partial charge in [0.25, 0.3) is 10.0 Å². The van der Waals surface area contributed by atoms with Crippen LogP contribution in [-0.2, 0) is 10.0 Å². The third-order valence-corrected chi connectivity index (χ3v) is 5.24. The van der Waals surface area contributed by atoms with Crippen LogP contribution in [0.3, 0.4) is 0 Å². The van der Waals surface area contributed by atoms with Crippen LogP contribution in [0.2, 0.25) is 0 Å². The van der Waals surface area contributed by atoms with E-state index < -0.39 is 34.7 Å². The van der Waals surface area contributed by atoms with Crippen molar-refractivity contribution in [2.45, 2.75) is 16.7 Å². The monoisotopic (exact) mass is 295 g/mol. The van der Waals surface area contributed by atoms with Gasteiger partial charge in [0.15, 0.2) is 0 Å². The molecule has 4 N–H and O–H groups in total. The fourth-order valence-electron chi connectivity index (χ4n) is 1.06. The van der Waals surface area contributed by atoms with Crippen LogP contribution in [0, 0.1) is 0 Å². The lowest BCUT2D eigenvalue weighted by Crippen LogP contribution is -2.51. The lowest BCUT2D eigenvalue weighted by molar-refractivity contribution is 0.0697. The standard InChI is InChI=1S/C9H13NO6S2/c1-9(4-11,5-12)10-18(15,16)7-2-6(3-17-7)8(13)14/h2-3,10-12H,4-5H2,1H3,(H,13,14). The molecule has 0 spiro atoms. The van der Waals surface area contributed by atoms with Crippen LogP contribution in [-0.4, -0.2) is 48.5 Å². The average molecular weight is 295 g/mol. The van der Waals surface area contributed by atoms with E-state index in [1.54, 1.807) is 0 Å². The molecule has 0 saturated carbocycles. The summed E-state index contributed by atoms with van der Waals surface area (Å²) in [6, 6.07) is 1.02. The zero-order chi connectivity index (χ0) is 14.0. The Morgan fingerprint density at radius 2 is 2.00 bits per heavy atom. The molecular formula is C9H13NO6S2. The topological polar surface area (TPSA) is 124 Å². The summed E-state index contributed by atoms with van der Waals surface area (Å²) in [6.45, 7) is 0.163. The number of aromatic carboxylic acids is 1. The van der Waals surface area contributed by atoms with Gasteiger partial charge in [-0.2, -0.15) is 4.72 Å². The molecule has 1 rings (SSSR count). The van der Waals surface area contributed by atoms with Crippen molar-refractivity contribution < 1.29 is 28.5 Å². The van der Waals surface area contributed by atoms with Gasteiger partial charge >= 0.3 is 5.97 Å². The van der Waals surface area contributed by atoms with Crippen molar-refractivity contribution in [1.82, 2.24) is 4.72 Å². The molecule has 0 bridgehead atoms. The number of hydrogen-bond acceptors (Lipinski definition) is 6. The Hall–Kier alpha value is -1.00. The number of aliphatic hydroxyl groups is 2. The lowest BCUT2D eigenvalue weighted by Gasteiger charge is -2.25. The highest BCUT2D eigenvalue weighted by Gasteiger charge is 2.30. The van der Waals surface area contributed by atoms with Crippen molar-refractivity contribution in [2.24, 2.45) is 0 Å². The maximum Gasteiger partial charge on any atom is 0.336 e. The Balaban J connectivity index is 3.03. The number of thiophene rings is 1. The van der Waals surface area contributed by atoms with Gasteiger partial charge in [-0.05, 0) is 13.0 Å². The Morgan fingerprint density at radius 3 is 2.39 bits per heavy atom. The quantitative estimate of drug-likeness (QED) is 0.559. The normalized spacial score (nSPS) is 12.6. The number of hydrogen-bond donors (Lipinski definition) is 4. The largest absolute Gasteiger partial charge is 0.478 e. The number of aliphatic hydroxyl groups excluding tert-OH is 2. The van der Waals surface area contributed by atoms with Crippen LogP contribution < -0.4 is 4.72 Å². The molecule has 1 aromatic rings. The molecule has 9 heteroatoms. The molecule has 0 amide bonds. The van der Waals surface area contributed by atoms with Crippen LogP contribution >= 0.6 is 11.3 Å². The zero-order valence-electron chi connectivity index (χ0n) is 9.45. The summed E-state index contributed by atoms with van der Waals surface area (Å²) in [6.07, 6.45) is 0. The second-order valence-electron chi connectivity index (χ2n) is 3.94. The van der Waals surface area contributed by atoms with Gasteiger partial charge in [-0.25, -0.2) is 13.2 Å². The first kappa shape index (κ1) is 15.1. The Morgan fingerprint density at radius 1 is 1.44 bits per heavy atom. The molecule has 0 aliphatic heterocycles. The van der Waals surface area contributed by atoms with E-state index in [0.717, 1.165) is 17.4 Å². The number of carboxylic acids is 1. The van der Waals surface area contributed by atoms with E-state index in [2.05, 4.69) is 4.72 Å². The summed E-state index contributed by atoms with van der Waals surface area (Å²) in [5.74, 6) is -1.22. The van der Waals surface area contributed by atoms with Gasteiger partial charge in [0.05, 0.1) is 24.3 Å². The summed E-state index contributed by atoms with van der Waals surface area (Å²) in [5, 5.41) is 27.9. The van der Waals surface area contributed by atoms with Crippen molar-refractivity contribution in [2.75, 3.05) is 13.2 Å². The molecule has 0 saturated heterocycles. The van der Waals surface area contributed by atoms with Crippen LogP contribution in [0.5, 0.6) is 0 Å². The van der Waals surface area contributed by atoms with E-state index in [4.69, 9.17) is 15.3 Å². The zero-order valence-corrected chi connectivity index (χ0v) is 11.1. The number of nitrogens with one attached hydrogen (secondary N) is 1. The van der Waals surface area contributed by atoms with E-state index in [-0.39, 0.29) is 9.77 Å². The molecule has 102 valence electrons. The van der Waals surface area contributed by atoms with Crippen LogP contribution in [0.1, 0.15) is 17.3 Å². The van der Waals surface area contributed by atoms with Gasteiger partial charge in [-0.15, -0.1) is 11.3 Å². The molecule has 7 nitrogen and oxygen atoms in total. The summed E-state index contributed by atoms with van der Waals surface area (Å²) in [5.41, 5.74) is -1.53. The molecule has 0 aliphatic rings. The highest BCUT2D eigenvalue weighted by Crippen LogP contribution is 2.21. The highest BCUT2D eigenvalue weighted by atomic mass is 32.2. The van der Waals surface area contributed by atoms with Crippen molar-refractivity contribution in [3.63, 3.8) is 0 Å². The first-order valence-electron chi connectivity index (χ1n) is 4.81. The smallest absolute Gasteiger partial charge is 0.336 e. The van der Waals surface area contributed by atoms with E-state index >= 15 is 0 Å². The Kier molecular flexibility index (Phi) is 4.46. The maximum absolute atomic E-state index is 11.9. The van der Waals surface area contributed by atoms with Crippen molar-refractivity contribution in [3.8, 4) is 0 Å². The number of sulfonamides is 1. The van der Waals surface area contributed by atoms with Gasteiger partial charge in [0.1, 0.15) is 4.21 Å². The highest BCUT2D eigenvalue weighted by molar-refractivity contribution is 7.91. The molecule has 0 aromatic carbocycles. The molecule has 0 radical (unpaired) electrons. The van der Waals surface area contributed by atoms with Gasteiger partial charge in [-0.1, -0.05) is 0 Å². The minimum absolute atomic E-state index is 0.130. The first-order valence-corrected chi connectivity index (χ1v) is 7.18. The molecule has 18 heavy (non-hydrogen) atoms. The molecule has 0 fully saturated rings. The third-order valence-electron chi connectivity index (χ3n) is 2.17. The summed E-state index contributed by atoms with van der Waals surface area (Å²) in [4.78, 5) is 10.7. The lowest BCUT2D eigenvalue weighted by atomic mass is 10.1. The molecule has 0 atom stereocenters. The fraction of sp³-hybridized carbons (Fsp3) is 0.444. The summed E-state index contributed by atoms with van der Waals surface area (Å²) in [7, 11) is -3.97. The second-order valence-corrected chi connectivity index (χ2v) is 6.76. The van der Waals surface area contributed by atoms with Crippen LogP contribution in [0.25, 0.3) is 0 Å². The Labute approximate surface area is 108 Å². The van der Waals surface area contributed by atoms with Gasteiger partial charge in [0, 0.05) is 5.38 Å². The third kappa shape index (κ3) is 3.27. The predicted molar refractivity (Wildman–Crippen MR) is 64.2 cm³/mol. The first-order chi connectivity index (χ1) is 8.24. The SMILES string of the molecule is CC(CO)(CO)NS(=O)(=O)c1cc(C(=O)O)cs1. The molecular weight excluding hydrogens is 282 g/mol. The van der Waals surface area contributed by atoms with Crippen LogP contribution in [0.15, 0.2) is 15.7 Å². The number of carbonyl (C=O) groups is 1. The van der Waals surface area contributed by atoms with E-state index in [9.17, 15) is 13.2 Å². The van der Waals surface area contributed by atoms with E-state index in [1.807, 2.05) is 0 Å². The minimum Gasteiger partial charge on any atom is -0.478 e. The van der Waals surface area contributed by atoms with Gasteiger partial charge in [0.2, 0.25) is 0 Å². The van der Waals surface area contributed by atoms with Gasteiger partial charge in [-0.3, -0.25) is 0 Å². The molecule has 1 heterocycles. The molecule has 0 aliphatic carbocycles. The summed E-state index contributed by atoms with van der Waals surface area (Å²) >= 11 is 0.752. The Bertz CT molecular complexity index is 531. The van der Waals surface area contributed by atoms with E-state index in [1.165, 1.54) is 12.3 Å². The summed E-state index contributed by atoms with van der Waals surface area (Å²) < 4.78 is 25.7. The van der Waals surface area contributed by atoms with Crippen LogP contribution in [0.4, 0.5) is 0 Å². The van der Waals surface area contributed by atoms with Gasteiger partial charge < -0.3 is 15.3 Å². The van der Waals surface area contributed by atoms with Crippen molar-refractivity contribution in [3.05, 3.63) is 17.0 Å². The maximum atomic E-state index is 11.9.